The van der Waals surface area contributed by atoms with Gasteiger partial charge in [-0.3, -0.25) is 4.79 Å². The van der Waals surface area contributed by atoms with Gasteiger partial charge < -0.3 is 9.47 Å². The van der Waals surface area contributed by atoms with Crippen molar-refractivity contribution in [3.63, 3.8) is 0 Å². The van der Waals surface area contributed by atoms with E-state index in [1.54, 1.807) is 0 Å². The quantitative estimate of drug-likeness (QED) is 0.420. The van der Waals surface area contributed by atoms with Crippen LogP contribution in [-0.2, 0) is 17.9 Å². The van der Waals surface area contributed by atoms with Gasteiger partial charge in [0.2, 0.25) is 5.91 Å². The van der Waals surface area contributed by atoms with Gasteiger partial charge in [-0.05, 0) is 35.7 Å². The first-order valence-corrected chi connectivity index (χ1v) is 10.3. The minimum Gasteiger partial charge on any atom is -0.345 e. The number of amides is 1. The van der Waals surface area contributed by atoms with Gasteiger partial charge >= 0.3 is 0 Å². The summed E-state index contributed by atoms with van der Waals surface area (Å²) in [6.07, 6.45) is 2.89. The van der Waals surface area contributed by atoms with Crippen LogP contribution in [0.3, 0.4) is 0 Å². The van der Waals surface area contributed by atoms with Crippen LogP contribution in [0.4, 0.5) is 0 Å². The van der Waals surface area contributed by atoms with Gasteiger partial charge in [-0.15, -0.1) is 11.6 Å². The molecule has 0 saturated heterocycles. The Bertz CT molecular complexity index is 908. The lowest BCUT2D eigenvalue weighted by Gasteiger charge is -2.25. The molecule has 0 unspecified atom stereocenters. The molecule has 3 aromatic rings. The Kier molecular flexibility index (Phi) is 7.18. The number of nitrogens with zero attached hydrogens (tertiary/aromatic N) is 2. The summed E-state index contributed by atoms with van der Waals surface area (Å²) in [5, 5.41) is 0.0632. The largest absolute Gasteiger partial charge is 0.345 e. The molecular weight excluding hydrogens is 391 g/mol. The maximum atomic E-state index is 13.0. The van der Waals surface area contributed by atoms with E-state index in [4.69, 9.17) is 23.2 Å². The summed E-state index contributed by atoms with van der Waals surface area (Å²) in [6.45, 7) is 3.90. The predicted octanol–water partition coefficient (Wildman–Crippen LogP) is 5.91. The molecule has 1 aromatic heterocycles. The Labute approximate surface area is 176 Å². The number of carbonyl (C=O) groups excluding carboxylic acids is 1. The highest BCUT2D eigenvalue weighted by Crippen LogP contribution is 2.24. The molecule has 146 valence electrons. The summed E-state index contributed by atoms with van der Waals surface area (Å²) < 4.78 is 2.13. The van der Waals surface area contributed by atoms with Gasteiger partial charge in [-0.25, -0.2) is 0 Å². The Morgan fingerprint density at radius 1 is 1.04 bits per heavy atom. The maximum Gasteiger partial charge on any atom is 0.245 e. The predicted molar refractivity (Wildman–Crippen MR) is 116 cm³/mol. The number of hydrogen-bond acceptors (Lipinski definition) is 1. The highest BCUT2D eigenvalue weighted by atomic mass is 35.5. The number of rotatable bonds is 8. The molecule has 0 radical (unpaired) electrons. The van der Waals surface area contributed by atoms with Gasteiger partial charge in [0.05, 0.1) is 6.54 Å². The van der Waals surface area contributed by atoms with Gasteiger partial charge in [0.25, 0.3) is 0 Å². The zero-order chi connectivity index (χ0) is 19.9. The fourth-order valence-corrected chi connectivity index (χ4v) is 3.69. The number of hydrogen-bond donors (Lipinski definition) is 0. The van der Waals surface area contributed by atoms with Crippen LogP contribution in [0.2, 0.25) is 5.02 Å². The molecule has 0 spiro atoms. The number of alkyl halides is 1. The molecule has 3 rings (SSSR count). The minimum absolute atomic E-state index is 0.0692. The van der Waals surface area contributed by atoms with E-state index in [9.17, 15) is 4.79 Å². The molecule has 1 heterocycles. The van der Waals surface area contributed by atoms with Gasteiger partial charge in [0.15, 0.2) is 0 Å². The highest BCUT2D eigenvalue weighted by Gasteiger charge is 2.24. The number of halogens is 2. The Morgan fingerprint density at radius 3 is 2.46 bits per heavy atom. The van der Waals surface area contributed by atoms with E-state index in [1.807, 2.05) is 77.8 Å². The van der Waals surface area contributed by atoms with Crippen molar-refractivity contribution >= 4 is 29.1 Å². The van der Waals surface area contributed by atoms with E-state index in [1.165, 1.54) is 0 Å². The molecule has 1 atom stereocenters. The lowest BCUT2D eigenvalue weighted by molar-refractivity contribution is -0.131. The van der Waals surface area contributed by atoms with E-state index in [2.05, 4.69) is 11.5 Å². The third-order valence-corrected chi connectivity index (χ3v) is 5.50. The topological polar surface area (TPSA) is 25.2 Å². The lowest BCUT2D eigenvalue weighted by atomic mass is 10.1. The average Bonchev–Trinajstić information content (AvgIpc) is 3.15. The molecule has 2 aromatic carbocycles. The molecule has 0 fully saturated rings. The fourth-order valence-electron chi connectivity index (χ4n) is 3.21. The average molecular weight is 415 g/mol. The van der Waals surface area contributed by atoms with Crippen molar-refractivity contribution in [3.05, 3.63) is 94.8 Å². The van der Waals surface area contributed by atoms with Gasteiger partial charge in [0, 0.05) is 30.0 Å². The molecule has 0 aliphatic carbocycles. The SMILES string of the molecule is CCCN(Cc1cccn1Cc1ccccc1Cl)C(=O)[C@H](Cl)c1ccccc1. The molecule has 0 aliphatic heterocycles. The summed E-state index contributed by atoms with van der Waals surface area (Å²) in [4.78, 5) is 14.9. The van der Waals surface area contributed by atoms with Crippen molar-refractivity contribution in [2.75, 3.05) is 6.54 Å². The summed E-state index contributed by atoms with van der Waals surface area (Å²) in [6, 6.07) is 21.4. The van der Waals surface area contributed by atoms with Crippen LogP contribution in [0.25, 0.3) is 0 Å². The van der Waals surface area contributed by atoms with Gasteiger partial charge in [-0.2, -0.15) is 0 Å². The zero-order valence-electron chi connectivity index (χ0n) is 15.9. The van der Waals surface area contributed by atoms with Crippen molar-refractivity contribution < 1.29 is 4.79 Å². The Hall–Kier alpha value is -2.23. The van der Waals surface area contributed by atoms with E-state index >= 15 is 0 Å². The van der Waals surface area contributed by atoms with Crippen molar-refractivity contribution in [2.24, 2.45) is 0 Å². The normalized spacial score (nSPS) is 12.0. The zero-order valence-corrected chi connectivity index (χ0v) is 17.4. The smallest absolute Gasteiger partial charge is 0.245 e. The van der Waals surface area contributed by atoms with E-state index in [-0.39, 0.29) is 5.91 Å². The number of benzene rings is 2. The third-order valence-electron chi connectivity index (χ3n) is 4.69. The molecule has 0 saturated carbocycles. The number of carbonyl (C=O) groups is 1. The molecular formula is C23H24Cl2N2O. The summed E-state index contributed by atoms with van der Waals surface area (Å²) in [7, 11) is 0. The first-order valence-electron chi connectivity index (χ1n) is 9.45. The molecule has 0 N–H and O–H groups in total. The highest BCUT2D eigenvalue weighted by molar-refractivity contribution is 6.31. The summed E-state index contributed by atoms with van der Waals surface area (Å²) in [5.41, 5.74) is 2.93. The first-order chi connectivity index (χ1) is 13.6. The monoisotopic (exact) mass is 414 g/mol. The van der Waals surface area contributed by atoms with Crippen molar-refractivity contribution in [1.82, 2.24) is 9.47 Å². The Morgan fingerprint density at radius 2 is 1.75 bits per heavy atom. The van der Waals surface area contributed by atoms with Gasteiger partial charge in [0.1, 0.15) is 5.38 Å². The van der Waals surface area contributed by atoms with Crippen LogP contribution in [-0.4, -0.2) is 21.9 Å². The van der Waals surface area contributed by atoms with E-state index in [0.717, 1.165) is 28.3 Å². The summed E-state index contributed by atoms with van der Waals surface area (Å²) in [5.74, 6) is -0.0692. The second kappa shape index (κ2) is 9.81. The van der Waals surface area contributed by atoms with Crippen molar-refractivity contribution in [3.8, 4) is 0 Å². The van der Waals surface area contributed by atoms with Crippen LogP contribution >= 0.6 is 23.2 Å². The second-order valence-corrected chi connectivity index (χ2v) is 7.60. The van der Waals surface area contributed by atoms with Crippen LogP contribution in [0, 0.1) is 0 Å². The molecule has 5 heteroatoms. The van der Waals surface area contributed by atoms with Gasteiger partial charge in [-0.1, -0.05) is 67.1 Å². The lowest BCUT2D eigenvalue weighted by Crippen LogP contribution is -2.34. The molecule has 1 amide bonds. The minimum atomic E-state index is -0.681. The first kappa shape index (κ1) is 20.5. The van der Waals surface area contributed by atoms with Crippen LogP contribution in [0.15, 0.2) is 72.9 Å². The van der Waals surface area contributed by atoms with Crippen LogP contribution in [0.1, 0.15) is 35.5 Å². The number of aromatic nitrogens is 1. The molecule has 28 heavy (non-hydrogen) atoms. The standard InChI is InChI=1S/C23H24Cl2N2O/c1-2-14-27(23(28)22(25)18-9-4-3-5-10-18)17-20-12-8-15-26(20)16-19-11-6-7-13-21(19)24/h3-13,15,22H,2,14,16-17H2,1H3/t22-/m1/s1. The second-order valence-electron chi connectivity index (χ2n) is 6.75. The van der Waals surface area contributed by atoms with E-state index in [0.29, 0.717) is 19.6 Å². The maximum absolute atomic E-state index is 13.0. The van der Waals surface area contributed by atoms with Crippen molar-refractivity contribution in [1.29, 1.82) is 0 Å². The van der Waals surface area contributed by atoms with Crippen LogP contribution < -0.4 is 0 Å². The summed E-state index contributed by atoms with van der Waals surface area (Å²) >= 11 is 12.8. The Balaban J connectivity index is 1.77. The molecule has 0 aliphatic rings. The molecule has 3 nitrogen and oxygen atoms in total. The van der Waals surface area contributed by atoms with Crippen LogP contribution in [0.5, 0.6) is 0 Å². The third kappa shape index (κ3) is 4.98. The molecule has 0 bridgehead atoms. The fraction of sp³-hybridized carbons (Fsp3) is 0.261. The van der Waals surface area contributed by atoms with E-state index < -0.39 is 5.38 Å². The van der Waals surface area contributed by atoms with Crippen molar-refractivity contribution in [2.45, 2.75) is 31.8 Å².